The molecule has 0 aliphatic rings. The van der Waals surface area contributed by atoms with Crippen molar-refractivity contribution in [1.29, 1.82) is 0 Å². The molecule has 0 saturated heterocycles. The van der Waals surface area contributed by atoms with Crippen molar-refractivity contribution in [1.82, 2.24) is 5.32 Å². The lowest BCUT2D eigenvalue weighted by atomic mass is 10.0. The topological polar surface area (TPSA) is 95.5 Å². The summed E-state index contributed by atoms with van der Waals surface area (Å²) in [6, 6.07) is 4.38. The lowest BCUT2D eigenvalue weighted by Crippen LogP contribution is -2.47. The second-order valence-electron chi connectivity index (χ2n) is 5.58. The number of halogens is 1. The van der Waals surface area contributed by atoms with Gasteiger partial charge >= 0.3 is 5.97 Å². The van der Waals surface area contributed by atoms with Gasteiger partial charge in [0.15, 0.2) is 0 Å². The number of carbonyl (C=O) groups is 3. The number of carboxylic acids is 1. The van der Waals surface area contributed by atoms with Gasteiger partial charge in [-0.15, -0.1) is 11.8 Å². The van der Waals surface area contributed by atoms with Crippen LogP contribution in [0.15, 0.2) is 24.3 Å². The summed E-state index contributed by atoms with van der Waals surface area (Å²) < 4.78 is 12.8. The van der Waals surface area contributed by atoms with Crippen molar-refractivity contribution in [2.45, 2.75) is 32.1 Å². The van der Waals surface area contributed by atoms with E-state index < -0.39 is 29.0 Å². The highest BCUT2D eigenvalue weighted by Crippen LogP contribution is 2.14. The second-order valence-corrected chi connectivity index (χ2v) is 6.91. The van der Waals surface area contributed by atoms with Gasteiger partial charge < -0.3 is 15.7 Å². The van der Waals surface area contributed by atoms with Crippen molar-refractivity contribution in [3.8, 4) is 0 Å². The minimum Gasteiger partial charge on any atom is -0.480 e. The number of carboxylic acid groups (broad SMARTS) is 1. The second kappa shape index (κ2) is 9.27. The van der Waals surface area contributed by atoms with Crippen LogP contribution in [0.4, 0.5) is 10.1 Å². The van der Waals surface area contributed by atoms with E-state index in [9.17, 15) is 18.8 Å². The number of rotatable bonds is 8. The Morgan fingerprint density at radius 1 is 1.17 bits per heavy atom. The molecule has 0 radical (unpaired) electrons. The number of thioether (sulfide) groups is 1. The number of aliphatic carboxylic acids is 1. The first-order chi connectivity index (χ1) is 11.2. The average Bonchev–Trinajstić information content (AvgIpc) is 2.51. The van der Waals surface area contributed by atoms with Gasteiger partial charge in [0.1, 0.15) is 11.9 Å². The Kier molecular flexibility index (Phi) is 7.70. The number of anilines is 1. The van der Waals surface area contributed by atoms with Gasteiger partial charge in [-0.3, -0.25) is 9.59 Å². The lowest BCUT2D eigenvalue weighted by molar-refractivity contribution is -0.143. The molecule has 0 saturated carbocycles. The van der Waals surface area contributed by atoms with Crippen LogP contribution in [-0.4, -0.2) is 39.9 Å². The van der Waals surface area contributed by atoms with E-state index in [1.165, 1.54) is 24.3 Å². The molecule has 24 heavy (non-hydrogen) atoms. The van der Waals surface area contributed by atoms with Crippen LogP contribution in [0, 0.1) is 11.7 Å². The van der Waals surface area contributed by atoms with Crippen LogP contribution in [-0.2, 0) is 14.4 Å². The van der Waals surface area contributed by atoms with Gasteiger partial charge in [0.2, 0.25) is 11.8 Å². The molecule has 8 heteroatoms. The molecular formula is C16H21FN2O4S. The zero-order valence-electron chi connectivity index (χ0n) is 13.7. The minimum absolute atomic E-state index is 0.0192. The third kappa shape index (κ3) is 6.57. The average molecular weight is 356 g/mol. The van der Waals surface area contributed by atoms with Gasteiger partial charge in [-0.05, 0) is 37.1 Å². The maximum atomic E-state index is 12.8. The van der Waals surface area contributed by atoms with Crippen molar-refractivity contribution >= 4 is 35.2 Å². The van der Waals surface area contributed by atoms with Crippen LogP contribution in [0.5, 0.6) is 0 Å². The zero-order chi connectivity index (χ0) is 18.3. The number of hydrogen-bond acceptors (Lipinski definition) is 4. The van der Waals surface area contributed by atoms with E-state index in [0.717, 1.165) is 11.8 Å². The van der Waals surface area contributed by atoms with Crippen LogP contribution in [0.25, 0.3) is 0 Å². The molecular weight excluding hydrogens is 335 g/mol. The molecule has 0 bridgehead atoms. The van der Waals surface area contributed by atoms with E-state index in [1.54, 1.807) is 20.8 Å². The smallest absolute Gasteiger partial charge is 0.326 e. The number of amides is 2. The predicted octanol–water partition coefficient (Wildman–Crippen LogP) is 2.11. The Morgan fingerprint density at radius 2 is 1.75 bits per heavy atom. The van der Waals surface area contributed by atoms with Crippen LogP contribution in [0.2, 0.25) is 0 Å². The molecule has 132 valence electrons. The number of carbonyl (C=O) groups excluding carboxylic acids is 2. The third-order valence-electron chi connectivity index (χ3n) is 3.19. The summed E-state index contributed by atoms with van der Waals surface area (Å²) in [6.45, 7) is 5.00. The van der Waals surface area contributed by atoms with Crippen LogP contribution in [0.1, 0.15) is 20.8 Å². The fraction of sp³-hybridized carbons (Fsp3) is 0.438. The van der Waals surface area contributed by atoms with Gasteiger partial charge in [-0.2, -0.15) is 0 Å². The Bertz CT molecular complexity index is 592. The Labute approximate surface area is 144 Å². The molecule has 0 spiro atoms. The largest absolute Gasteiger partial charge is 0.480 e. The van der Waals surface area contributed by atoms with Crippen LogP contribution < -0.4 is 10.6 Å². The Hall–Kier alpha value is -2.09. The van der Waals surface area contributed by atoms with Gasteiger partial charge in [0.05, 0.1) is 11.0 Å². The summed E-state index contributed by atoms with van der Waals surface area (Å²) in [7, 11) is 0. The fourth-order valence-electron chi connectivity index (χ4n) is 1.79. The van der Waals surface area contributed by atoms with Crippen LogP contribution >= 0.6 is 11.8 Å². The molecule has 1 unspecified atom stereocenters. The van der Waals surface area contributed by atoms with Gasteiger partial charge in [0.25, 0.3) is 0 Å². The third-order valence-corrected chi connectivity index (χ3v) is 4.34. The van der Waals surface area contributed by atoms with E-state index in [1.807, 2.05) is 0 Å². The normalized spacial score (nSPS) is 13.2. The molecule has 0 aliphatic heterocycles. The first-order valence-electron chi connectivity index (χ1n) is 7.41. The monoisotopic (exact) mass is 356 g/mol. The molecule has 1 rings (SSSR count). The summed E-state index contributed by atoms with van der Waals surface area (Å²) in [5.74, 6) is -2.48. The standard InChI is InChI=1S/C16H21FN2O4S/c1-9(2)14(16(22)23)19-15(21)10(3)24-8-13(20)18-12-6-4-11(17)5-7-12/h4-7,9-10,14H,8H2,1-3H3,(H,18,20)(H,19,21)(H,22,23)/t10?,14-/m1/s1. The molecule has 3 N–H and O–H groups in total. The van der Waals surface area contributed by atoms with E-state index in [0.29, 0.717) is 5.69 Å². The number of nitrogens with one attached hydrogen (secondary N) is 2. The van der Waals surface area contributed by atoms with E-state index in [-0.39, 0.29) is 17.6 Å². The Morgan fingerprint density at radius 3 is 2.25 bits per heavy atom. The highest BCUT2D eigenvalue weighted by atomic mass is 32.2. The molecule has 0 fully saturated rings. The molecule has 1 aromatic carbocycles. The summed E-state index contributed by atoms with van der Waals surface area (Å²) in [4.78, 5) is 34.9. The first-order valence-corrected chi connectivity index (χ1v) is 8.45. The summed E-state index contributed by atoms with van der Waals surface area (Å²) in [5, 5.41) is 13.5. The van der Waals surface area contributed by atoms with Gasteiger partial charge in [-0.25, -0.2) is 9.18 Å². The molecule has 2 atom stereocenters. The summed E-state index contributed by atoms with van der Waals surface area (Å²) in [5.41, 5.74) is 0.463. The van der Waals surface area contributed by atoms with E-state index in [2.05, 4.69) is 10.6 Å². The molecule has 0 heterocycles. The summed E-state index contributed by atoms with van der Waals surface area (Å²) in [6.07, 6.45) is 0. The fourth-order valence-corrected chi connectivity index (χ4v) is 2.48. The maximum Gasteiger partial charge on any atom is 0.326 e. The molecule has 1 aromatic rings. The van der Waals surface area contributed by atoms with Crippen molar-refractivity contribution in [3.05, 3.63) is 30.1 Å². The predicted molar refractivity (Wildman–Crippen MR) is 91.4 cm³/mol. The highest BCUT2D eigenvalue weighted by Gasteiger charge is 2.26. The van der Waals surface area contributed by atoms with Crippen LogP contribution in [0.3, 0.4) is 0 Å². The zero-order valence-corrected chi connectivity index (χ0v) is 14.5. The SMILES string of the molecule is CC(SCC(=O)Nc1ccc(F)cc1)C(=O)N[C@@H](C(=O)O)C(C)C. The number of benzene rings is 1. The minimum atomic E-state index is -1.09. The molecule has 2 amide bonds. The quantitative estimate of drug-likeness (QED) is 0.663. The van der Waals surface area contributed by atoms with Crippen molar-refractivity contribution in [3.63, 3.8) is 0 Å². The number of hydrogen-bond donors (Lipinski definition) is 3. The van der Waals surface area contributed by atoms with Gasteiger partial charge in [0, 0.05) is 5.69 Å². The van der Waals surface area contributed by atoms with Crippen molar-refractivity contribution in [2.24, 2.45) is 5.92 Å². The summed E-state index contributed by atoms with van der Waals surface area (Å²) >= 11 is 1.09. The molecule has 6 nitrogen and oxygen atoms in total. The molecule has 0 aliphatic carbocycles. The molecule has 0 aromatic heterocycles. The van der Waals surface area contributed by atoms with E-state index in [4.69, 9.17) is 5.11 Å². The lowest BCUT2D eigenvalue weighted by Gasteiger charge is -2.20. The van der Waals surface area contributed by atoms with Crippen molar-refractivity contribution in [2.75, 3.05) is 11.1 Å². The maximum absolute atomic E-state index is 12.8. The Balaban J connectivity index is 2.45. The van der Waals surface area contributed by atoms with Gasteiger partial charge in [-0.1, -0.05) is 13.8 Å². The first kappa shape index (κ1) is 20.0. The van der Waals surface area contributed by atoms with E-state index >= 15 is 0 Å². The van der Waals surface area contributed by atoms with Crippen molar-refractivity contribution < 1.29 is 23.9 Å². The highest BCUT2D eigenvalue weighted by molar-refractivity contribution is 8.01.